The van der Waals surface area contributed by atoms with Crippen molar-refractivity contribution in [1.29, 1.82) is 0 Å². The number of hydrogen-bond donors (Lipinski definition) is 1. The van der Waals surface area contributed by atoms with Gasteiger partial charge >= 0.3 is 0 Å². The summed E-state index contributed by atoms with van der Waals surface area (Å²) in [5.74, 6) is 0.674. The summed E-state index contributed by atoms with van der Waals surface area (Å²) in [6, 6.07) is 51.8. The Balaban J connectivity index is 1.19. The van der Waals surface area contributed by atoms with E-state index in [1.54, 1.807) is 12.3 Å². The van der Waals surface area contributed by atoms with Crippen LogP contribution < -0.4 is 0 Å². The molecule has 0 bridgehead atoms. The lowest BCUT2D eigenvalue weighted by Gasteiger charge is -2.19. The van der Waals surface area contributed by atoms with Gasteiger partial charge in [-0.25, -0.2) is 4.98 Å². The van der Waals surface area contributed by atoms with Crippen LogP contribution in [0.25, 0.3) is 66.7 Å². The van der Waals surface area contributed by atoms with E-state index in [0.717, 1.165) is 38.9 Å². The van der Waals surface area contributed by atoms with Crippen LogP contribution in [-0.2, 0) is 5.41 Å². The lowest BCUT2D eigenvalue weighted by Crippen LogP contribution is -2.11. The maximum atomic E-state index is 10.6. The van der Waals surface area contributed by atoms with Crippen LogP contribution in [0, 0.1) is 0 Å². The predicted molar refractivity (Wildman–Crippen MR) is 207 cm³/mol. The lowest BCUT2D eigenvalue weighted by molar-refractivity contribution is 0.473. The second-order valence-electron chi connectivity index (χ2n) is 13.7. The van der Waals surface area contributed by atoms with Gasteiger partial charge in [-0.05, 0) is 92.0 Å². The van der Waals surface area contributed by atoms with Crippen molar-refractivity contribution in [3.8, 4) is 50.6 Å². The molecule has 1 heterocycles. The highest BCUT2D eigenvalue weighted by Gasteiger charge is 2.18. The van der Waals surface area contributed by atoms with Crippen molar-refractivity contribution in [3.05, 3.63) is 163 Å². The van der Waals surface area contributed by atoms with Gasteiger partial charge in [-0.15, -0.1) is 0 Å². The number of oxazole rings is 1. The third kappa shape index (κ3) is 6.08. The average Bonchev–Trinajstić information content (AvgIpc) is 3.58. The van der Waals surface area contributed by atoms with Crippen molar-refractivity contribution in [2.45, 2.75) is 26.2 Å². The molecule has 0 aliphatic rings. The van der Waals surface area contributed by atoms with Gasteiger partial charge in [0, 0.05) is 17.3 Å². The summed E-state index contributed by atoms with van der Waals surface area (Å²) in [6.45, 7) is 6.46. The Morgan fingerprint density at radius 1 is 0.580 bits per heavy atom. The summed E-state index contributed by atoms with van der Waals surface area (Å²) in [4.78, 5) is 9.88. The minimum absolute atomic E-state index is 0.0546. The number of nitrogens with zero attached hydrogens (tertiary/aromatic N) is 2. The smallest absolute Gasteiger partial charge is 0.229 e. The van der Waals surface area contributed by atoms with E-state index in [1.807, 2.05) is 54.6 Å². The monoisotopic (exact) mass is 648 g/mol. The molecule has 0 amide bonds. The third-order valence-electron chi connectivity index (χ3n) is 9.25. The van der Waals surface area contributed by atoms with Crippen LogP contribution in [0.5, 0.6) is 5.75 Å². The molecule has 4 nitrogen and oxygen atoms in total. The largest absolute Gasteiger partial charge is 0.507 e. The zero-order chi connectivity index (χ0) is 34.2. The highest BCUT2D eigenvalue weighted by molar-refractivity contribution is 5.97. The van der Waals surface area contributed by atoms with Crippen molar-refractivity contribution in [2.24, 2.45) is 4.99 Å². The van der Waals surface area contributed by atoms with Crippen LogP contribution in [0.3, 0.4) is 0 Å². The maximum Gasteiger partial charge on any atom is 0.229 e. The normalized spacial score (nSPS) is 11.9. The van der Waals surface area contributed by atoms with E-state index in [-0.39, 0.29) is 11.2 Å². The third-order valence-corrected chi connectivity index (χ3v) is 9.25. The molecule has 8 aromatic rings. The Morgan fingerprint density at radius 2 is 1.26 bits per heavy atom. The van der Waals surface area contributed by atoms with Gasteiger partial charge in [-0.2, -0.15) is 0 Å². The molecule has 0 saturated heterocycles. The fourth-order valence-electron chi connectivity index (χ4n) is 6.40. The minimum Gasteiger partial charge on any atom is -0.507 e. The summed E-state index contributed by atoms with van der Waals surface area (Å²) < 4.78 is 6.56. The number of aliphatic imine (C=N–C) groups is 1. The Bertz CT molecular complexity index is 2520. The Kier molecular flexibility index (Phi) is 7.85. The topological polar surface area (TPSA) is 58.6 Å². The van der Waals surface area contributed by atoms with Crippen molar-refractivity contribution < 1.29 is 9.52 Å². The lowest BCUT2D eigenvalue weighted by atomic mass is 9.86. The Morgan fingerprint density at radius 3 is 2.04 bits per heavy atom. The molecular weight excluding hydrogens is 613 g/mol. The van der Waals surface area contributed by atoms with E-state index in [4.69, 9.17) is 14.4 Å². The zero-order valence-electron chi connectivity index (χ0n) is 28.3. The van der Waals surface area contributed by atoms with Crippen molar-refractivity contribution in [2.75, 3.05) is 0 Å². The minimum atomic E-state index is -0.0546. The highest BCUT2D eigenvalue weighted by Crippen LogP contribution is 2.39. The molecule has 0 aliphatic carbocycles. The fourth-order valence-corrected chi connectivity index (χ4v) is 6.40. The first-order chi connectivity index (χ1) is 24.3. The number of rotatable bonds is 6. The Labute approximate surface area is 292 Å². The molecule has 0 spiro atoms. The van der Waals surface area contributed by atoms with Crippen LogP contribution in [0.1, 0.15) is 31.9 Å². The van der Waals surface area contributed by atoms with E-state index in [1.165, 1.54) is 21.9 Å². The maximum absolute atomic E-state index is 10.6. The van der Waals surface area contributed by atoms with Crippen LogP contribution in [0.4, 0.5) is 5.69 Å². The number of aromatic hydroxyl groups is 1. The van der Waals surface area contributed by atoms with Crippen LogP contribution in [0.2, 0.25) is 0 Å². The molecule has 242 valence electrons. The van der Waals surface area contributed by atoms with E-state index < -0.39 is 0 Å². The molecule has 8 rings (SSSR count). The molecule has 1 N–H and O–H groups in total. The molecule has 0 aliphatic heterocycles. The first-order valence-electron chi connectivity index (χ1n) is 16.9. The van der Waals surface area contributed by atoms with E-state index in [0.29, 0.717) is 22.7 Å². The number of fused-ring (bicyclic) bond motifs is 2. The van der Waals surface area contributed by atoms with Crippen LogP contribution in [0.15, 0.2) is 161 Å². The second-order valence-corrected chi connectivity index (χ2v) is 13.7. The molecule has 0 radical (unpaired) electrons. The second kappa shape index (κ2) is 12.6. The number of hydrogen-bond acceptors (Lipinski definition) is 4. The van der Waals surface area contributed by atoms with Crippen LogP contribution >= 0.6 is 0 Å². The molecular formula is C46H36N2O2. The van der Waals surface area contributed by atoms with E-state index in [9.17, 15) is 5.11 Å². The number of benzene rings is 7. The van der Waals surface area contributed by atoms with Gasteiger partial charge in [-0.1, -0.05) is 130 Å². The molecule has 0 atom stereocenters. The standard InChI is InChI=1S/C46H36N2O2/c1-46(2,3)38-23-24-42(49)37(26-38)29-47-41-16-10-9-15-39(41)45-48-44-40(33-12-5-4-6-13-33)27-36(28-43(44)50-45)32-19-17-31(18-20-32)35-22-21-30-11-7-8-14-34(30)25-35/h4-29,49H,1-3H3. The fraction of sp³-hybridized carbons (Fsp3) is 0.0870. The molecule has 0 unspecified atom stereocenters. The van der Waals surface area contributed by atoms with Gasteiger partial charge in [0.15, 0.2) is 5.58 Å². The highest BCUT2D eigenvalue weighted by atomic mass is 16.3. The quantitative estimate of drug-likeness (QED) is 0.183. The number of phenols is 1. The van der Waals surface area contributed by atoms with Gasteiger partial charge in [-0.3, -0.25) is 4.99 Å². The van der Waals surface area contributed by atoms with E-state index in [2.05, 4.69) is 112 Å². The summed E-state index contributed by atoms with van der Waals surface area (Å²) in [5.41, 5.74) is 11.2. The van der Waals surface area contributed by atoms with Gasteiger partial charge in [0.25, 0.3) is 0 Å². The molecule has 0 saturated carbocycles. The SMILES string of the molecule is CC(C)(C)c1ccc(O)c(C=Nc2ccccc2-c2nc3c(-c4ccccc4)cc(-c4ccc(-c5ccc6ccccc6c5)cc4)cc3o2)c1. The Hall–Kier alpha value is -6.26. The molecule has 0 fully saturated rings. The predicted octanol–water partition coefficient (Wildman–Crippen LogP) is 12.4. The molecule has 50 heavy (non-hydrogen) atoms. The summed E-state index contributed by atoms with van der Waals surface area (Å²) >= 11 is 0. The molecule has 7 aromatic carbocycles. The first kappa shape index (κ1) is 31.0. The van der Waals surface area contributed by atoms with Gasteiger partial charge in [0.1, 0.15) is 11.3 Å². The first-order valence-corrected chi connectivity index (χ1v) is 16.9. The van der Waals surface area contributed by atoms with E-state index >= 15 is 0 Å². The summed E-state index contributed by atoms with van der Waals surface area (Å²) in [7, 11) is 0. The van der Waals surface area contributed by atoms with Gasteiger partial charge in [0.05, 0.1) is 11.3 Å². The van der Waals surface area contributed by atoms with Crippen molar-refractivity contribution in [1.82, 2.24) is 4.98 Å². The van der Waals surface area contributed by atoms with Gasteiger partial charge in [0.2, 0.25) is 5.89 Å². The number of aromatic nitrogens is 1. The summed E-state index contributed by atoms with van der Waals surface area (Å²) in [5, 5.41) is 13.1. The van der Waals surface area contributed by atoms with Crippen molar-refractivity contribution >= 4 is 33.8 Å². The number of phenolic OH excluding ortho intramolecular Hbond substituents is 1. The molecule has 4 heteroatoms. The van der Waals surface area contributed by atoms with Gasteiger partial charge < -0.3 is 9.52 Å². The zero-order valence-corrected chi connectivity index (χ0v) is 28.3. The molecule has 1 aromatic heterocycles. The average molecular weight is 649 g/mol. The summed E-state index contributed by atoms with van der Waals surface area (Å²) in [6.07, 6.45) is 1.71. The number of para-hydroxylation sites is 1. The van der Waals surface area contributed by atoms with Crippen LogP contribution in [-0.4, -0.2) is 16.3 Å². The van der Waals surface area contributed by atoms with Crippen molar-refractivity contribution in [3.63, 3.8) is 0 Å².